The minimum absolute atomic E-state index is 0.0877. The highest BCUT2D eigenvalue weighted by Crippen LogP contribution is 2.59. The summed E-state index contributed by atoms with van der Waals surface area (Å²) < 4.78 is 5.33. The number of fused-ring (bicyclic) bond motifs is 5. The summed E-state index contributed by atoms with van der Waals surface area (Å²) in [6, 6.07) is 9.64. The molecule has 4 atom stereocenters. The average molecular weight is 312 g/mol. The van der Waals surface area contributed by atoms with Gasteiger partial charge in [0.2, 0.25) is 0 Å². The summed E-state index contributed by atoms with van der Waals surface area (Å²) in [4.78, 5) is 17.6. The van der Waals surface area contributed by atoms with Gasteiger partial charge in [-0.1, -0.05) is 18.6 Å². The van der Waals surface area contributed by atoms with E-state index in [2.05, 4.69) is 34.1 Å². The molecule has 4 fully saturated rings. The first-order valence-corrected chi connectivity index (χ1v) is 9.00. The van der Waals surface area contributed by atoms with E-state index in [1.54, 1.807) is 7.11 Å². The van der Waals surface area contributed by atoms with Crippen LogP contribution < -0.4 is 4.74 Å². The first-order chi connectivity index (χ1) is 11.3. The van der Waals surface area contributed by atoms with Gasteiger partial charge >= 0.3 is 6.03 Å². The van der Waals surface area contributed by atoms with Gasteiger partial charge in [0.25, 0.3) is 0 Å². The lowest BCUT2D eigenvalue weighted by atomic mass is 9.78. The first kappa shape index (κ1) is 13.7. The number of benzene rings is 1. The van der Waals surface area contributed by atoms with Crippen molar-refractivity contribution in [3.63, 3.8) is 0 Å². The fourth-order valence-electron chi connectivity index (χ4n) is 5.96. The van der Waals surface area contributed by atoms with Crippen molar-refractivity contribution >= 4 is 6.03 Å². The number of urea groups is 1. The lowest BCUT2D eigenvalue weighted by Gasteiger charge is -2.37. The second kappa shape index (κ2) is 4.65. The predicted molar refractivity (Wildman–Crippen MR) is 87.4 cm³/mol. The summed E-state index contributed by atoms with van der Waals surface area (Å²) in [5.74, 6) is 1.59. The molecule has 4 aliphatic rings. The zero-order valence-electron chi connectivity index (χ0n) is 13.7. The van der Waals surface area contributed by atoms with Crippen molar-refractivity contribution < 1.29 is 9.53 Å². The molecule has 122 valence electrons. The highest BCUT2D eigenvalue weighted by atomic mass is 16.5. The van der Waals surface area contributed by atoms with Gasteiger partial charge in [-0.2, -0.15) is 0 Å². The molecule has 0 spiro atoms. The Morgan fingerprint density at radius 2 is 1.96 bits per heavy atom. The molecule has 0 unspecified atom stereocenters. The van der Waals surface area contributed by atoms with Gasteiger partial charge in [-0.15, -0.1) is 0 Å². The molecule has 1 aromatic rings. The molecule has 0 N–H and O–H groups in total. The summed E-state index contributed by atoms with van der Waals surface area (Å²) in [6.45, 7) is 0.940. The van der Waals surface area contributed by atoms with E-state index in [1.165, 1.54) is 24.8 Å². The van der Waals surface area contributed by atoms with Crippen molar-refractivity contribution in [3.8, 4) is 5.75 Å². The van der Waals surface area contributed by atoms with Gasteiger partial charge in [0, 0.05) is 12.6 Å². The molecule has 3 saturated heterocycles. The zero-order chi connectivity index (χ0) is 15.6. The van der Waals surface area contributed by atoms with Gasteiger partial charge in [-0.05, 0) is 55.7 Å². The third-order valence-electron chi connectivity index (χ3n) is 6.80. The Morgan fingerprint density at radius 3 is 2.74 bits per heavy atom. The van der Waals surface area contributed by atoms with Crippen LogP contribution in [-0.2, 0) is 5.54 Å². The van der Waals surface area contributed by atoms with Gasteiger partial charge in [-0.3, -0.25) is 0 Å². The maximum atomic E-state index is 13.1. The number of ether oxygens (including phenoxy) is 1. The molecule has 1 aromatic carbocycles. The topological polar surface area (TPSA) is 32.8 Å². The smallest absolute Gasteiger partial charge is 0.321 e. The molecule has 1 saturated carbocycles. The van der Waals surface area contributed by atoms with Gasteiger partial charge in [0.05, 0.1) is 18.7 Å². The fourth-order valence-corrected chi connectivity index (χ4v) is 5.96. The van der Waals surface area contributed by atoms with E-state index in [1.807, 2.05) is 0 Å². The fraction of sp³-hybridized carbons (Fsp3) is 0.632. The van der Waals surface area contributed by atoms with Gasteiger partial charge in [0.1, 0.15) is 5.75 Å². The molecule has 3 aliphatic heterocycles. The molecular weight excluding hydrogens is 288 g/mol. The lowest BCUT2D eigenvalue weighted by molar-refractivity contribution is 0.144. The van der Waals surface area contributed by atoms with E-state index in [-0.39, 0.29) is 5.54 Å². The van der Waals surface area contributed by atoms with Crippen LogP contribution in [-0.4, -0.2) is 41.6 Å². The first-order valence-electron chi connectivity index (χ1n) is 9.00. The van der Waals surface area contributed by atoms with Crippen LogP contribution in [0.2, 0.25) is 0 Å². The molecule has 0 bridgehead atoms. The number of hydrogen-bond donors (Lipinski definition) is 0. The van der Waals surface area contributed by atoms with Crippen molar-refractivity contribution in [3.05, 3.63) is 29.8 Å². The Kier molecular flexibility index (Phi) is 2.77. The average Bonchev–Trinajstić information content (AvgIpc) is 3.30. The molecule has 1 aliphatic carbocycles. The quantitative estimate of drug-likeness (QED) is 0.839. The summed E-state index contributed by atoms with van der Waals surface area (Å²) in [5.41, 5.74) is 1.23. The van der Waals surface area contributed by atoms with Crippen LogP contribution in [0.4, 0.5) is 4.79 Å². The molecule has 23 heavy (non-hydrogen) atoms. The van der Waals surface area contributed by atoms with Gasteiger partial charge in [0.15, 0.2) is 0 Å². The van der Waals surface area contributed by atoms with Crippen molar-refractivity contribution in [2.24, 2.45) is 5.92 Å². The van der Waals surface area contributed by atoms with Crippen molar-refractivity contribution in [1.29, 1.82) is 0 Å². The normalized spacial score (nSPS) is 38.0. The number of hydrogen-bond acceptors (Lipinski definition) is 2. The van der Waals surface area contributed by atoms with E-state index in [4.69, 9.17) is 4.74 Å². The Balaban J connectivity index is 1.65. The highest BCUT2D eigenvalue weighted by Gasteiger charge is 2.66. The summed E-state index contributed by atoms with van der Waals surface area (Å²) in [5, 5.41) is 0. The zero-order valence-corrected chi connectivity index (χ0v) is 13.7. The van der Waals surface area contributed by atoms with E-state index in [0.717, 1.165) is 31.6 Å². The molecule has 0 radical (unpaired) electrons. The minimum Gasteiger partial charge on any atom is -0.497 e. The van der Waals surface area contributed by atoms with E-state index >= 15 is 0 Å². The van der Waals surface area contributed by atoms with Crippen LogP contribution in [0.15, 0.2) is 24.3 Å². The summed E-state index contributed by atoms with van der Waals surface area (Å²) in [7, 11) is 1.71. The van der Waals surface area contributed by atoms with E-state index in [0.29, 0.717) is 24.0 Å². The molecule has 4 heteroatoms. The summed E-state index contributed by atoms with van der Waals surface area (Å²) >= 11 is 0. The maximum Gasteiger partial charge on any atom is 0.321 e. The lowest BCUT2D eigenvalue weighted by Crippen LogP contribution is -2.46. The molecular formula is C19H24N2O2. The number of nitrogens with zero attached hydrogens (tertiary/aromatic N) is 2. The Hall–Kier alpha value is -1.71. The van der Waals surface area contributed by atoms with Crippen molar-refractivity contribution in [1.82, 2.24) is 9.80 Å². The van der Waals surface area contributed by atoms with Crippen LogP contribution in [0.25, 0.3) is 0 Å². The largest absolute Gasteiger partial charge is 0.497 e. The minimum atomic E-state index is -0.0877. The summed E-state index contributed by atoms with van der Waals surface area (Å²) in [6.07, 6.45) is 7.21. The molecule has 0 aromatic heterocycles. The Bertz CT molecular complexity index is 643. The SMILES string of the molecule is COc1ccc([C@@]23C[C@H]4CCC[C@H]4N2C(=O)N2CCC[C@@H]23)cc1. The second-order valence-electron chi connectivity index (χ2n) is 7.62. The van der Waals surface area contributed by atoms with Crippen LogP contribution >= 0.6 is 0 Å². The Labute approximate surface area is 137 Å². The molecule has 2 amide bonds. The molecule has 3 heterocycles. The standard InChI is InChI=1S/C19H24N2O2/c1-23-15-9-7-14(8-10-15)19-12-13-4-2-5-16(13)21(19)18(22)20-11-3-6-17(19)20/h7-10,13,16-17H,2-6,11-12H2,1H3/t13-,16-,17-,19-/m1/s1. The number of amides is 2. The van der Waals surface area contributed by atoms with Crippen LogP contribution in [0.3, 0.4) is 0 Å². The number of rotatable bonds is 2. The van der Waals surface area contributed by atoms with Crippen molar-refractivity contribution in [2.45, 2.75) is 56.1 Å². The Morgan fingerprint density at radius 1 is 1.13 bits per heavy atom. The predicted octanol–water partition coefficient (Wildman–Crippen LogP) is 3.36. The van der Waals surface area contributed by atoms with Crippen LogP contribution in [0, 0.1) is 5.92 Å². The second-order valence-corrected chi connectivity index (χ2v) is 7.62. The van der Waals surface area contributed by atoms with Crippen LogP contribution in [0.5, 0.6) is 5.75 Å². The molecule has 5 rings (SSSR count). The monoisotopic (exact) mass is 312 g/mol. The van der Waals surface area contributed by atoms with Crippen LogP contribution in [0.1, 0.15) is 44.1 Å². The third kappa shape index (κ3) is 1.59. The maximum absolute atomic E-state index is 13.1. The van der Waals surface area contributed by atoms with E-state index < -0.39 is 0 Å². The van der Waals surface area contributed by atoms with Gasteiger partial charge in [-0.25, -0.2) is 4.79 Å². The number of carbonyl (C=O) groups is 1. The number of methoxy groups -OCH3 is 1. The van der Waals surface area contributed by atoms with Crippen molar-refractivity contribution in [2.75, 3.05) is 13.7 Å². The third-order valence-corrected chi connectivity index (χ3v) is 6.80. The highest BCUT2D eigenvalue weighted by molar-refractivity contribution is 5.81. The van der Waals surface area contributed by atoms with E-state index in [9.17, 15) is 4.79 Å². The number of carbonyl (C=O) groups excluding carboxylic acids is 1. The molecule has 4 nitrogen and oxygen atoms in total. The van der Waals surface area contributed by atoms with Gasteiger partial charge < -0.3 is 14.5 Å².